The van der Waals surface area contributed by atoms with E-state index in [0.717, 1.165) is 15.8 Å². The number of aliphatic hydroxyl groups excluding tert-OH is 1. The van der Waals surface area contributed by atoms with Crippen molar-refractivity contribution in [2.24, 2.45) is 0 Å². The molecule has 0 aromatic carbocycles. The van der Waals surface area contributed by atoms with Gasteiger partial charge in [-0.05, 0) is 28.4 Å². The predicted octanol–water partition coefficient (Wildman–Crippen LogP) is 2.95. The molecule has 0 aliphatic rings. The first kappa shape index (κ1) is 8.24. The quantitative estimate of drug-likeness (QED) is 0.813. The fourth-order valence-electron chi connectivity index (χ4n) is 0.704. The average molecular weight is 221 g/mol. The monoisotopic (exact) mass is 220 g/mol. The summed E-state index contributed by atoms with van der Waals surface area (Å²) in [6, 6.07) is 1.96. The van der Waals surface area contributed by atoms with Gasteiger partial charge in [0.2, 0.25) is 0 Å². The molecular formula is C7H9BrOS. The van der Waals surface area contributed by atoms with E-state index < -0.39 is 0 Å². The molecule has 0 amide bonds. The molecule has 0 aliphatic heterocycles. The second kappa shape index (κ2) is 3.51. The highest BCUT2D eigenvalue weighted by atomic mass is 79.9. The number of rotatable bonds is 2. The van der Waals surface area contributed by atoms with Crippen molar-refractivity contribution >= 4 is 27.3 Å². The van der Waals surface area contributed by atoms with E-state index in [-0.39, 0.29) is 6.10 Å². The van der Waals surface area contributed by atoms with Gasteiger partial charge in [0.05, 0.1) is 6.10 Å². The Hall–Kier alpha value is 0.140. The van der Waals surface area contributed by atoms with Crippen LogP contribution in [0.2, 0.25) is 0 Å². The molecule has 1 atom stereocenters. The van der Waals surface area contributed by atoms with E-state index in [9.17, 15) is 5.11 Å². The molecule has 1 rings (SSSR count). The van der Waals surface area contributed by atoms with Crippen LogP contribution in [0.3, 0.4) is 0 Å². The molecule has 56 valence electrons. The lowest BCUT2D eigenvalue weighted by molar-refractivity contribution is 0.177. The van der Waals surface area contributed by atoms with E-state index in [1.807, 2.05) is 18.4 Å². The zero-order chi connectivity index (χ0) is 7.56. The van der Waals surface area contributed by atoms with Crippen LogP contribution >= 0.6 is 27.3 Å². The molecule has 0 spiro atoms. The van der Waals surface area contributed by atoms with Crippen LogP contribution in [0.15, 0.2) is 15.9 Å². The van der Waals surface area contributed by atoms with Crippen LogP contribution in [-0.2, 0) is 0 Å². The minimum absolute atomic E-state index is 0.281. The van der Waals surface area contributed by atoms with E-state index in [4.69, 9.17) is 0 Å². The topological polar surface area (TPSA) is 20.2 Å². The third kappa shape index (κ3) is 1.81. The summed E-state index contributed by atoms with van der Waals surface area (Å²) in [7, 11) is 0. The third-order valence-corrected chi connectivity index (χ3v) is 3.10. The van der Waals surface area contributed by atoms with Gasteiger partial charge in [0.15, 0.2) is 0 Å². The number of aliphatic hydroxyl groups is 1. The van der Waals surface area contributed by atoms with Gasteiger partial charge in [0.25, 0.3) is 0 Å². The Balaban J connectivity index is 2.74. The van der Waals surface area contributed by atoms with Gasteiger partial charge in [-0.2, -0.15) is 0 Å². The van der Waals surface area contributed by atoms with E-state index >= 15 is 0 Å². The first-order chi connectivity index (χ1) is 4.74. The van der Waals surface area contributed by atoms with Crippen LogP contribution in [0.4, 0.5) is 0 Å². The standard InChI is InChI=1S/C7H9BrOS/c1-2-6(9)7-3-5(8)4-10-7/h3-4,6,9H,2H2,1H3/t6-/m0/s1. The second-order valence-corrected chi connectivity index (χ2v) is 3.95. The van der Waals surface area contributed by atoms with Gasteiger partial charge in [-0.15, -0.1) is 11.3 Å². The molecule has 0 aliphatic carbocycles. The summed E-state index contributed by atoms with van der Waals surface area (Å²) < 4.78 is 1.06. The van der Waals surface area contributed by atoms with Gasteiger partial charge in [-0.25, -0.2) is 0 Å². The maximum absolute atomic E-state index is 9.33. The summed E-state index contributed by atoms with van der Waals surface area (Å²) in [6.45, 7) is 1.97. The molecule has 0 radical (unpaired) electrons. The maximum Gasteiger partial charge on any atom is 0.0879 e. The lowest BCUT2D eigenvalue weighted by Gasteiger charge is -2.01. The smallest absolute Gasteiger partial charge is 0.0879 e. The molecule has 0 saturated carbocycles. The number of hydrogen-bond donors (Lipinski definition) is 1. The number of hydrogen-bond acceptors (Lipinski definition) is 2. The van der Waals surface area contributed by atoms with Gasteiger partial charge in [-0.3, -0.25) is 0 Å². The normalized spacial score (nSPS) is 13.5. The van der Waals surface area contributed by atoms with Gasteiger partial charge >= 0.3 is 0 Å². The van der Waals surface area contributed by atoms with Crippen molar-refractivity contribution in [2.75, 3.05) is 0 Å². The van der Waals surface area contributed by atoms with Gasteiger partial charge < -0.3 is 5.11 Å². The Labute approximate surface area is 72.8 Å². The van der Waals surface area contributed by atoms with Crippen molar-refractivity contribution in [1.29, 1.82) is 0 Å². The molecule has 10 heavy (non-hydrogen) atoms. The molecule has 1 nitrogen and oxygen atoms in total. The highest BCUT2D eigenvalue weighted by molar-refractivity contribution is 9.10. The van der Waals surface area contributed by atoms with Crippen LogP contribution in [-0.4, -0.2) is 5.11 Å². The molecule has 0 unspecified atom stereocenters. The number of halogens is 1. The largest absolute Gasteiger partial charge is 0.388 e. The molecule has 1 N–H and O–H groups in total. The first-order valence-corrected chi connectivity index (χ1v) is 4.83. The SMILES string of the molecule is CC[C@H](O)c1cc(Br)cs1. The van der Waals surface area contributed by atoms with Crippen LogP contribution in [0.1, 0.15) is 24.3 Å². The maximum atomic E-state index is 9.33. The molecule has 1 aromatic rings. The lowest BCUT2D eigenvalue weighted by atomic mass is 10.2. The average Bonchev–Trinajstić information content (AvgIpc) is 2.34. The zero-order valence-corrected chi connectivity index (χ0v) is 8.08. The fourth-order valence-corrected chi connectivity index (χ4v) is 2.22. The Morgan fingerprint density at radius 3 is 2.90 bits per heavy atom. The highest BCUT2D eigenvalue weighted by Gasteiger charge is 2.05. The Morgan fingerprint density at radius 2 is 2.50 bits per heavy atom. The Morgan fingerprint density at radius 1 is 1.80 bits per heavy atom. The second-order valence-electron chi connectivity index (χ2n) is 2.09. The predicted molar refractivity (Wildman–Crippen MR) is 47.3 cm³/mol. The van der Waals surface area contributed by atoms with Crippen LogP contribution in [0, 0.1) is 0 Å². The molecule has 0 fully saturated rings. The fraction of sp³-hybridized carbons (Fsp3) is 0.429. The van der Waals surface area contributed by atoms with Crippen molar-refractivity contribution in [1.82, 2.24) is 0 Å². The third-order valence-electron chi connectivity index (χ3n) is 1.30. The summed E-state index contributed by atoms with van der Waals surface area (Å²) in [5.74, 6) is 0. The first-order valence-electron chi connectivity index (χ1n) is 3.16. The van der Waals surface area contributed by atoms with Crippen molar-refractivity contribution < 1.29 is 5.11 Å². The Bertz CT molecular complexity index is 209. The molecule has 1 heterocycles. The minimum atomic E-state index is -0.281. The van der Waals surface area contributed by atoms with E-state index in [1.54, 1.807) is 11.3 Å². The molecule has 0 bridgehead atoms. The van der Waals surface area contributed by atoms with Gasteiger partial charge in [-0.1, -0.05) is 6.92 Å². The zero-order valence-electron chi connectivity index (χ0n) is 5.67. The molecule has 3 heteroatoms. The van der Waals surface area contributed by atoms with Crippen molar-refractivity contribution in [3.8, 4) is 0 Å². The minimum Gasteiger partial charge on any atom is -0.388 e. The molecule has 1 aromatic heterocycles. The van der Waals surface area contributed by atoms with Crippen molar-refractivity contribution in [3.63, 3.8) is 0 Å². The summed E-state index contributed by atoms with van der Waals surface area (Å²) in [5, 5.41) is 11.3. The summed E-state index contributed by atoms with van der Waals surface area (Å²) in [4.78, 5) is 1.04. The van der Waals surface area contributed by atoms with Crippen LogP contribution in [0.25, 0.3) is 0 Å². The molecule has 0 saturated heterocycles. The van der Waals surface area contributed by atoms with Crippen molar-refractivity contribution in [2.45, 2.75) is 19.4 Å². The summed E-state index contributed by atoms with van der Waals surface area (Å²) in [5.41, 5.74) is 0. The van der Waals surface area contributed by atoms with E-state index in [1.165, 1.54) is 0 Å². The van der Waals surface area contributed by atoms with Crippen molar-refractivity contribution in [3.05, 3.63) is 20.8 Å². The van der Waals surface area contributed by atoms with Crippen LogP contribution < -0.4 is 0 Å². The van der Waals surface area contributed by atoms with Gasteiger partial charge in [0.1, 0.15) is 0 Å². The van der Waals surface area contributed by atoms with E-state index in [2.05, 4.69) is 15.9 Å². The van der Waals surface area contributed by atoms with Gasteiger partial charge in [0, 0.05) is 14.7 Å². The lowest BCUT2D eigenvalue weighted by Crippen LogP contribution is -1.89. The number of thiophene rings is 1. The van der Waals surface area contributed by atoms with Crippen LogP contribution in [0.5, 0.6) is 0 Å². The summed E-state index contributed by atoms with van der Waals surface area (Å²) in [6.07, 6.45) is 0.503. The summed E-state index contributed by atoms with van der Waals surface area (Å²) >= 11 is 4.91. The Kier molecular flexibility index (Phi) is 2.89. The highest BCUT2D eigenvalue weighted by Crippen LogP contribution is 2.26. The molecular weight excluding hydrogens is 212 g/mol. The van der Waals surface area contributed by atoms with E-state index in [0.29, 0.717) is 0 Å².